The third-order valence-corrected chi connectivity index (χ3v) is 3.56. The van der Waals surface area contributed by atoms with E-state index in [0.29, 0.717) is 18.6 Å². The van der Waals surface area contributed by atoms with Crippen LogP contribution < -0.4 is 10.6 Å². The molecule has 8 heteroatoms. The molecule has 1 aromatic rings. The molecule has 1 amide bonds. The number of rotatable bonds is 4. The lowest BCUT2D eigenvalue weighted by Crippen LogP contribution is -2.48. The number of anilines is 2. The summed E-state index contributed by atoms with van der Waals surface area (Å²) in [6.07, 6.45) is 1.71. The predicted octanol–water partition coefficient (Wildman–Crippen LogP) is 1.04. The molecule has 1 heterocycles. The number of carbonyl (C=O) groups excluding carboxylic acids is 1. The van der Waals surface area contributed by atoms with E-state index in [1.165, 1.54) is 5.69 Å². The van der Waals surface area contributed by atoms with Crippen LogP contribution in [0.3, 0.4) is 0 Å². The Kier molecular flexibility index (Phi) is 7.98. The van der Waals surface area contributed by atoms with E-state index in [0.717, 1.165) is 31.9 Å². The molecule has 0 aliphatic carbocycles. The molecule has 0 radical (unpaired) electrons. The van der Waals surface area contributed by atoms with Gasteiger partial charge in [0.05, 0.1) is 0 Å². The van der Waals surface area contributed by atoms with Crippen LogP contribution in [0.2, 0.25) is 0 Å². The van der Waals surface area contributed by atoms with Crippen LogP contribution >= 0.6 is 0 Å². The highest BCUT2D eigenvalue weighted by Gasteiger charge is 2.19. The molecule has 4 N–H and O–H groups in total. The highest BCUT2D eigenvalue weighted by atomic mass is 16.4. The van der Waals surface area contributed by atoms with Crippen molar-refractivity contribution in [1.82, 2.24) is 4.90 Å². The molecule has 0 unspecified atom stereocenters. The van der Waals surface area contributed by atoms with Crippen molar-refractivity contribution < 1.29 is 24.6 Å². The first kappa shape index (κ1) is 20.0. The van der Waals surface area contributed by atoms with E-state index in [1.807, 2.05) is 36.1 Å². The van der Waals surface area contributed by atoms with Crippen molar-refractivity contribution >= 4 is 29.2 Å². The zero-order valence-electron chi connectivity index (χ0n) is 14.1. The summed E-state index contributed by atoms with van der Waals surface area (Å²) in [5.74, 6) is -2.26. The summed E-state index contributed by atoms with van der Waals surface area (Å²) in [6, 6.07) is 7.90. The molecular formula is C17H23N3O5. The number of aliphatic carboxylic acids is 2. The molecule has 1 saturated heterocycles. The molecule has 1 aromatic carbocycles. The summed E-state index contributed by atoms with van der Waals surface area (Å²) in [5.41, 5.74) is 7.63. The van der Waals surface area contributed by atoms with E-state index in [1.54, 1.807) is 0 Å². The Morgan fingerprint density at radius 3 is 1.88 bits per heavy atom. The third kappa shape index (κ3) is 7.38. The Balaban J connectivity index is 0.000000333. The highest BCUT2D eigenvalue weighted by molar-refractivity contribution is 5.89. The average molecular weight is 349 g/mol. The lowest BCUT2D eigenvalue weighted by Gasteiger charge is -2.36. The molecule has 0 aromatic heterocycles. The van der Waals surface area contributed by atoms with Gasteiger partial charge < -0.3 is 25.7 Å². The average Bonchev–Trinajstić information content (AvgIpc) is 2.60. The van der Waals surface area contributed by atoms with Crippen LogP contribution in [0, 0.1) is 0 Å². The van der Waals surface area contributed by atoms with Gasteiger partial charge in [-0.05, 0) is 24.3 Å². The Hall–Kier alpha value is -3.03. The van der Waals surface area contributed by atoms with Gasteiger partial charge in [0.1, 0.15) is 0 Å². The van der Waals surface area contributed by atoms with Crippen molar-refractivity contribution in [1.29, 1.82) is 0 Å². The molecule has 25 heavy (non-hydrogen) atoms. The number of nitrogens with zero attached hydrogens (tertiary/aromatic N) is 2. The molecule has 8 nitrogen and oxygen atoms in total. The normalized spacial score (nSPS) is 14.0. The van der Waals surface area contributed by atoms with Gasteiger partial charge in [-0.3, -0.25) is 4.79 Å². The SMILES string of the molecule is CCC(=O)N1CCN(c2ccc(N)cc2)CC1.O=C(O)/C=C/C(=O)O. The molecular weight excluding hydrogens is 326 g/mol. The number of hydrogen-bond donors (Lipinski definition) is 3. The van der Waals surface area contributed by atoms with E-state index in [2.05, 4.69) is 4.90 Å². The van der Waals surface area contributed by atoms with Crippen molar-refractivity contribution in [2.24, 2.45) is 0 Å². The number of piperazine rings is 1. The Labute approximate surface area is 146 Å². The quantitative estimate of drug-likeness (QED) is 0.548. The fourth-order valence-electron chi connectivity index (χ4n) is 2.27. The molecule has 1 aliphatic rings. The largest absolute Gasteiger partial charge is 0.478 e. The minimum Gasteiger partial charge on any atom is -0.478 e. The summed E-state index contributed by atoms with van der Waals surface area (Å²) in [7, 11) is 0. The van der Waals surface area contributed by atoms with Crippen LogP contribution in [0.1, 0.15) is 13.3 Å². The molecule has 0 spiro atoms. The highest BCUT2D eigenvalue weighted by Crippen LogP contribution is 2.18. The van der Waals surface area contributed by atoms with Gasteiger partial charge in [-0.25, -0.2) is 9.59 Å². The molecule has 0 atom stereocenters. The van der Waals surface area contributed by atoms with E-state index >= 15 is 0 Å². The summed E-state index contributed by atoms with van der Waals surface area (Å²) in [6.45, 7) is 5.34. The van der Waals surface area contributed by atoms with Crippen LogP contribution in [-0.2, 0) is 14.4 Å². The van der Waals surface area contributed by atoms with Gasteiger partial charge in [-0.2, -0.15) is 0 Å². The molecule has 1 fully saturated rings. The first-order valence-electron chi connectivity index (χ1n) is 7.85. The van der Waals surface area contributed by atoms with Crippen LogP contribution in [-0.4, -0.2) is 59.1 Å². The number of carboxylic acid groups (broad SMARTS) is 2. The molecule has 0 saturated carbocycles. The monoisotopic (exact) mass is 349 g/mol. The third-order valence-electron chi connectivity index (χ3n) is 3.56. The van der Waals surface area contributed by atoms with E-state index < -0.39 is 11.9 Å². The number of carboxylic acids is 2. The fourth-order valence-corrected chi connectivity index (χ4v) is 2.27. The van der Waals surface area contributed by atoms with Gasteiger partial charge in [0.15, 0.2) is 0 Å². The van der Waals surface area contributed by atoms with Gasteiger partial charge in [0.25, 0.3) is 0 Å². The van der Waals surface area contributed by atoms with Gasteiger partial charge >= 0.3 is 11.9 Å². The molecule has 2 rings (SSSR count). The van der Waals surface area contributed by atoms with Gasteiger partial charge in [-0.15, -0.1) is 0 Å². The maximum Gasteiger partial charge on any atom is 0.328 e. The Morgan fingerprint density at radius 2 is 1.48 bits per heavy atom. The topological polar surface area (TPSA) is 124 Å². The maximum absolute atomic E-state index is 11.5. The number of hydrogen-bond acceptors (Lipinski definition) is 5. The predicted molar refractivity (Wildman–Crippen MR) is 94.4 cm³/mol. The van der Waals surface area contributed by atoms with E-state index in [9.17, 15) is 14.4 Å². The first-order chi connectivity index (χ1) is 11.8. The van der Waals surface area contributed by atoms with Crippen molar-refractivity contribution in [2.75, 3.05) is 36.8 Å². The molecule has 136 valence electrons. The Morgan fingerprint density at radius 1 is 1.00 bits per heavy atom. The van der Waals surface area contributed by atoms with Crippen LogP contribution in [0.5, 0.6) is 0 Å². The smallest absolute Gasteiger partial charge is 0.328 e. The van der Waals surface area contributed by atoms with Gasteiger partial charge in [-0.1, -0.05) is 6.92 Å². The lowest BCUT2D eigenvalue weighted by molar-refractivity contribution is -0.134. The molecule has 0 bridgehead atoms. The summed E-state index contributed by atoms with van der Waals surface area (Å²) in [5, 5.41) is 15.6. The lowest BCUT2D eigenvalue weighted by atomic mass is 10.2. The van der Waals surface area contributed by atoms with Gasteiger partial charge in [0.2, 0.25) is 5.91 Å². The van der Waals surface area contributed by atoms with Crippen LogP contribution in [0.4, 0.5) is 11.4 Å². The minimum atomic E-state index is -1.26. The zero-order chi connectivity index (χ0) is 18.8. The number of benzene rings is 1. The van der Waals surface area contributed by atoms with Crippen molar-refractivity contribution in [3.05, 3.63) is 36.4 Å². The standard InChI is InChI=1S/C13H19N3O.C4H4O4/c1-2-13(17)16-9-7-15(8-10-16)12-5-3-11(14)4-6-12;5-3(6)1-2-4(7)8/h3-6H,2,7-10,14H2,1H3;1-2H,(H,5,6)(H,7,8)/b;2-1+. The van der Waals surface area contributed by atoms with E-state index in [-0.39, 0.29) is 5.91 Å². The second-order valence-corrected chi connectivity index (χ2v) is 5.32. The second-order valence-electron chi connectivity index (χ2n) is 5.32. The zero-order valence-corrected chi connectivity index (χ0v) is 14.1. The number of nitrogens with two attached hydrogens (primary N) is 1. The maximum atomic E-state index is 11.5. The van der Waals surface area contributed by atoms with E-state index in [4.69, 9.17) is 15.9 Å². The van der Waals surface area contributed by atoms with Crippen molar-refractivity contribution in [3.8, 4) is 0 Å². The first-order valence-corrected chi connectivity index (χ1v) is 7.85. The Bertz CT molecular complexity index is 604. The van der Waals surface area contributed by atoms with Crippen molar-refractivity contribution in [2.45, 2.75) is 13.3 Å². The second kappa shape index (κ2) is 9.96. The number of carbonyl (C=O) groups is 3. The minimum absolute atomic E-state index is 0.252. The summed E-state index contributed by atoms with van der Waals surface area (Å²) in [4.78, 5) is 34.9. The summed E-state index contributed by atoms with van der Waals surface area (Å²) >= 11 is 0. The number of amides is 1. The van der Waals surface area contributed by atoms with Crippen LogP contribution in [0.15, 0.2) is 36.4 Å². The number of nitrogen functional groups attached to an aromatic ring is 1. The molecule has 1 aliphatic heterocycles. The fraction of sp³-hybridized carbons (Fsp3) is 0.353. The summed E-state index contributed by atoms with van der Waals surface area (Å²) < 4.78 is 0. The van der Waals surface area contributed by atoms with Crippen molar-refractivity contribution in [3.63, 3.8) is 0 Å². The van der Waals surface area contributed by atoms with Crippen LogP contribution in [0.25, 0.3) is 0 Å². The van der Waals surface area contributed by atoms with Gasteiger partial charge in [0, 0.05) is 56.1 Å².